The van der Waals surface area contributed by atoms with E-state index in [-0.39, 0.29) is 0 Å². The van der Waals surface area contributed by atoms with Crippen LogP contribution in [-0.2, 0) is 0 Å². The van der Waals surface area contributed by atoms with Crippen LogP contribution in [0.2, 0.25) is 0 Å². The highest BCUT2D eigenvalue weighted by molar-refractivity contribution is 7.17. The number of halogens is 1. The SMILES string of the molecule is ClC1CCC(Nc2nccc3sccc23)CC1. The van der Waals surface area contributed by atoms with Crippen LogP contribution in [0.15, 0.2) is 23.7 Å². The van der Waals surface area contributed by atoms with E-state index in [0.717, 1.165) is 31.5 Å². The van der Waals surface area contributed by atoms with E-state index in [4.69, 9.17) is 11.6 Å². The molecular weight excluding hydrogens is 252 g/mol. The molecule has 0 spiro atoms. The molecule has 3 rings (SSSR count). The Morgan fingerprint density at radius 3 is 2.88 bits per heavy atom. The number of nitrogens with zero attached hydrogens (tertiary/aromatic N) is 1. The van der Waals surface area contributed by atoms with Gasteiger partial charge in [0.2, 0.25) is 0 Å². The van der Waals surface area contributed by atoms with E-state index in [2.05, 4.69) is 27.8 Å². The fraction of sp³-hybridized carbons (Fsp3) is 0.462. The second kappa shape index (κ2) is 4.83. The van der Waals surface area contributed by atoms with Gasteiger partial charge in [-0.05, 0) is 43.2 Å². The highest BCUT2D eigenvalue weighted by atomic mass is 35.5. The first-order chi connectivity index (χ1) is 8.33. The lowest BCUT2D eigenvalue weighted by Gasteiger charge is -2.26. The Labute approximate surface area is 110 Å². The van der Waals surface area contributed by atoms with E-state index in [1.54, 1.807) is 11.3 Å². The van der Waals surface area contributed by atoms with Gasteiger partial charge in [0.15, 0.2) is 0 Å². The number of rotatable bonds is 2. The number of fused-ring (bicyclic) bond motifs is 1. The minimum atomic E-state index is 0.373. The summed E-state index contributed by atoms with van der Waals surface area (Å²) in [6.07, 6.45) is 6.40. The minimum absolute atomic E-state index is 0.373. The van der Waals surface area contributed by atoms with Crippen molar-refractivity contribution < 1.29 is 0 Å². The molecule has 0 aromatic carbocycles. The molecule has 0 bridgehead atoms. The Bertz CT molecular complexity index is 503. The van der Waals surface area contributed by atoms with E-state index in [0.29, 0.717) is 11.4 Å². The molecule has 0 aliphatic heterocycles. The summed E-state index contributed by atoms with van der Waals surface area (Å²) in [6, 6.07) is 4.74. The molecule has 1 aliphatic carbocycles. The van der Waals surface area contributed by atoms with Crippen LogP contribution in [-0.4, -0.2) is 16.4 Å². The molecule has 1 N–H and O–H groups in total. The maximum Gasteiger partial charge on any atom is 0.134 e. The van der Waals surface area contributed by atoms with Gasteiger partial charge in [0.05, 0.1) is 0 Å². The average Bonchev–Trinajstić information content (AvgIpc) is 2.81. The van der Waals surface area contributed by atoms with Crippen molar-refractivity contribution in [2.45, 2.75) is 37.1 Å². The number of hydrogen-bond acceptors (Lipinski definition) is 3. The Kier molecular flexibility index (Phi) is 3.21. The van der Waals surface area contributed by atoms with E-state index in [1.807, 2.05) is 6.20 Å². The maximum atomic E-state index is 6.12. The van der Waals surface area contributed by atoms with Crippen LogP contribution in [0.5, 0.6) is 0 Å². The lowest BCUT2D eigenvalue weighted by Crippen LogP contribution is -2.26. The topological polar surface area (TPSA) is 24.9 Å². The Morgan fingerprint density at radius 1 is 1.24 bits per heavy atom. The fourth-order valence-corrected chi connectivity index (χ4v) is 3.43. The van der Waals surface area contributed by atoms with E-state index >= 15 is 0 Å². The highest BCUT2D eigenvalue weighted by Crippen LogP contribution is 2.29. The van der Waals surface area contributed by atoms with Crippen LogP contribution in [0.25, 0.3) is 10.1 Å². The number of anilines is 1. The third kappa shape index (κ3) is 2.40. The summed E-state index contributed by atoms with van der Waals surface area (Å²) < 4.78 is 1.30. The maximum absolute atomic E-state index is 6.12. The standard InChI is InChI=1S/C13H15ClN2S/c14-9-1-3-10(4-2-9)16-13-11-6-8-17-12(11)5-7-15-13/h5-10H,1-4H2,(H,15,16). The van der Waals surface area contributed by atoms with Crippen molar-refractivity contribution in [2.24, 2.45) is 0 Å². The first-order valence-electron chi connectivity index (χ1n) is 6.06. The zero-order chi connectivity index (χ0) is 11.7. The molecular formula is C13H15ClN2S. The predicted molar refractivity (Wildman–Crippen MR) is 75.1 cm³/mol. The number of aromatic nitrogens is 1. The number of pyridine rings is 1. The van der Waals surface area contributed by atoms with Crippen molar-refractivity contribution in [1.82, 2.24) is 4.98 Å². The van der Waals surface area contributed by atoms with Crippen LogP contribution in [0.4, 0.5) is 5.82 Å². The summed E-state index contributed by atoms with van der Waals surface area (Å²) in [5, 5.41) is 7.30. The molecule has 0 amide bonds. The summed E-state index contributed by atoms with van der Waals surface area (Å²) in [5.41, 5.74) is 0. The minimum Gasteiger partial charge on any atom is -0.367 e. The Balaban J connectivity index is 1.78. The van der Waals surface area contributed by atoms with Crippen molar-refractivity contribution in [3.8, 4) is 0 Å². The summed E-state index contributed by atoms with van der Waals surface area (Å²) in [5.74, 6) is 1.03. The van der Waals surface area contributed by atoms with Crippen molar-refractivity contribution in [2.75, 3.05) is 5.32 Å². The molecule has 4 heteroatoms. The van der Waals surface area contributed by atoms with Gasteiger partial charge in [-0.25, -0.2) is 4.98 Å². The number of alkyl halides is 1. The summed E-state index contributed by atoms with van der Waals surface area (Å²) in [7, 11) is 0. The first-order valence-corrected chi connectivity index (χ1v) is 7.37. The third-order valence-corrected chi connectivity index (χ3v) is 4.70. The van der Waals surface area contributed by atoms with Crippen LogP contribution < -0.4 is 5.32 Å². The van der Waals surface area contributed by atoms with E-state index < -0.39 is 0 Å². The summed E-state index contributed by atoms with van der Waals surface area (Å²) in [6.45, 7) is 0. The van der Waals surface area contributed by atoms with Gasteiger partial charge in [-0.3, -0.25) is 0 Å². The van der Waals surface area contributed by atoms with Crippen LogP contribution in [0, 0.1) is 0 Å². The lowest BCUT2D eigenvalue weighted by molar-refractivity contribution is 0.468. The summed E-state index contributed by atoms with van der Waals surface area (Å²) >= 11 is 7.88. The van der Waals surface area contributed by atoms with Gasteiger partial charge >= 0.3 is 0 Å². The highest BCUT2D eigenvalue weighted by Gasteiger charge is 2.20. The van der Waals surface area contributed by atoms with Gasteiger partial charge in [0.25, 0.3) is 0 Å². The molecule has 2 nitrogen and oxygen atoms in total. The molecule has 17 heavy (non-hydrogen) atoms. The zero-order valence-corrected chi connectivity index (χ0v) is 11.1. The van der Waals surface area contributed by atoms with Gasteiger partial charge in [0, 0.05) is 27.7 Å². The quantitative estimate of drug-likeness (QED) is 0.822. The molecule has 0 unspecified atom stereocenters. The van der Waals surface area contributed by atoms with Crippen LogP contribution in [0.3, 0.4) is 0 Å². The molecule has 1 saturated carbocycles. The number of thiophene rings is 1. The van der Waals surface area contributed by atoms with Gasteiger partial charge in [-0.2, -0.15) is 0 Å². The second-order valence-electron chi connectivity index (χ2n) is 4.59. The van der Waals surface area contributed by atoms with Crippen LogP contribution >= 0.6 is 22.9 Å². The van der Waals surface area contributed by atoms with Gasteiger partial charge < -0.3 is 5.32 Å². The van der Waals surface area contributed by atoms with Crippen molar-refractivity contribution in [1.29, 1.82) is 0 Å². The average molecular weight is 267 g/mol. The number of nitrogens with one attached hydrogen (secondary N) is 1. The molecule has 2 aromatic rings. The predicted octanol–water partition coefficient (Wildman–Crippen LogP) is 4.26. The first kappa shape index (κ1) is 11.3. The summed E-state index contributed by atoms with van der Waals surface area (Å²) in [4.78, 5) is 4.45. The molecule has 90 valence electrons. The van der Waals surface area contributed by atoms with Crippen molar-refractivity contribution >= 4 is 38.8 Å². The fourth-order valence-electron chi connectivity index (χ4n) is 2.40. The lowest BCUT2D eigenvalue weighted by atomic mass is 9.95. The van der Waals surface area contributed by atoms with Gasteiger partial charge in [-0.1, -0.05) is 0 Å². The van der Waals surface area contributed by atoms with Crippen LogP contribution in [0.1, 0.15) is 25.7 Å². The third-order valence-electron chi connectivity index (χ3n) is 3.38. The molecule has 2 heterocycles. The molecule has 0 radical (unpaired) electrons. The molecule has 1 aliphatic rings. The smallest absolute Gasteiger partial charge is 0.134 e. The monoisotopic (exact) mass is 266 g/mol. The van der Waals surface area contributed by atoms with Gasteiger partial charge in [-0.15, -0.1) is 22.9 Å². The Morgan fingerprint density at radius 2 is 2.06 bits per heavy atom. The Hall–Kier alpha value is -0.800. The largest absolute Gasteiger partial charge is 0.367 e. The zero-order valence-electron chi connectivity index (χ0n) is 9.53. The molecule has 0 saturated heterocycles. The normalized spacial score (nSPS) is 25.0. The van der Waals surface area contributed by atoms with Gasteiger partial charge in [0.1, 0.15) is 5.82 Å². The van der Waals surface area contributed by atoms with Crippen molar-refractivity contribution in [3.05, 3.63) is 23.7 Å². The van der Waals surface area contributed by atoms with E-state index in [9.17, 15) is 0 Å². The molecule has 1 fully saturated rings. The van der Waals surface area contributed by atoms with E-state index in [1.165, 1.54) is 10.1 Å². The second-order valence-corrected chi connectivity index (χ2v) is 6.15. The molecule has 2 aromatic heterocycles. The molecule has 0 atom stereocenters. The van der Waals surface area contributed by atoms with Crippen molar-refractivity contribution in [3.63, 3.8) is 0 Å². The number of hydrogen-bond donors (Lipinski definition) is 1.